The van der Waals surface area contributed by atoms with Gasteiger partial charge in [-0.15, -0.1) is 0 Å². The largest absolute Gasteiger partial charge is 0.473 e. The number of likely N-dealkylation sites (tertiary alicyclic amines) is 1. The predicted molar refractivity (Wildman–Crippen MR) is 95.5 cm³/mol. The highest BCUT2D eigenvalue weighted by atomic mass is 16.5. The average molecular weight is 354 g/mol. The highest BCUT2D eigenvalue weighted by Crippen LogP contribution is 2.47. The molecule has 2 amide bonds. The van der Waals surface area contributed by atoms with E-state index in [-0.39, 0.29) is 17.9 Å². The molecule has 2 aromatic rings. The lowest BCUT2D eigenvalue weighted by Gasteiger charge is -2.33. The zero-order valence-corrected chi connectivity index (χ0v) is 14.8. The fourth-order valence-electron chi connectivity index (χ4n) is 3.55. The van der Waals surface area contributed by atoms with Crippen LogP contribution in [0.5, 0.6) is 5.88 Å². The van der Waals surface area contributed by atoms with Gasteiger partial charge in [0.2, 0.25) is 17.7 Å². The molecule has 0 spiro atoms. The van der Waals surface area contributed by atoms with E-state index in [4.69, 9.17) is 4.74 Å². The second-order valence-electron chi connectivity index (χ2n) is 6.97. The number of nitrogens with one attached hydrogen (secondary N) is 1. The summed E-state index contributed by atoms with van der Waals surface area (Å²) in [6.07, 6.45) is 4.40. The van der Waals surface area contributed by atoms with Gasteiger partial charge in [-0.05, 0) is 25.0 Å². The van der Waals surface area contributed by atoms with Crippen LogP contribution in [-0.4, -0.2) is 52.9 Å². The number of fused-ring (bicyclic) bond motifs is 1. The van der Waals surface area contributed by atoms with E-state index in [1.54, 1.807) is 18.1 Å². The van der Waals surface area contributed by atoms with E-state index in [1.165, 1.54) is 0 Å². The van der Waals surface area contributed by atoms with Crippen LogP contribution in [0, 0.1) is 5.41 Å². The van der Waals surface area contributed by atoms with Gasteiger partial charge >= 0.3 is 0 Å². The molecule has 1 aliphatic carbocycles. The van der Waals surface area contributed by atoms with Crippen molar-refractivity contribution in [3.05, 3.63) is 30.5 Å². The zero-order chi connectivity index (χ0) is 18.1. The van der Waals surface area contributed by atoms with Crippen LogP contribution in [0.2, 0.25) is 0 Å². The number of carbonyl (C=O) groups excluding carboxylic acids is 2. The van der Waals surface area contributed by atoms with Crippen LogP contribution in [0.3, 0.4) is 0 Å². The van der Waals surface area contributed by atoms with Gasteiger partial charge in [0.15, 0.2) is 0 Å². The Morgan fingerprint density at radius 3 is 2.54 bits per heavy atom. The Morgan fingerprint density at radius 2 is 1.88 bits per heavy atom. The third-order valence-electron chi connectivity index (χ3n) is 5.26. The first-order valence-electron chi connectivity index (χ1n) is 9.02. The minimum Gasteiger partial charge on any atom is -0.473 e. The molecule has 0 unspecified atom stereocenters. The number of ether oxygens (including phenoxy) is 1. The molecule has 0 bridgehead atoms. The lowest BCUT2D eigenvalue weighted by atomic mass is 10.0. The van der Waals surface area contributed by atoms with E-state index in [1.807, 2.05) is 24.3 Å². The van der Waals surface area contributed by atoms with Gasteiger partial charge in [-0.25, -0.2) is 9.97 Å². The van der Waals surface area contributed by atoms with Crippen molar-refractivity contribution >= 4 is 22.8 Å². The van der Waals surface area contributed by atoms with Crippen molar-refractivity contribution in [2.24, 2.45) is 5.41 Å². The minimum atomic E-state index is -0.813. The quantitative estimate of drug-likeness (QED) is 0.842. The molecule has 1 aromatic carbocycles. The molecule has 1 N–H and O–H groups in total. The van der Waals surface area contributed by atoms with Crippen molar-refractivity contribution in [1.29, 1.82) is 0 Å². The van der Waals surface area contributed by atoms with Crippen LogP contribution in [0.25, 0.3) is 11.0 Å². The maximum atomic E-state index is 12.7. The number of aromatic nitrogens is 2. The topological polar surface area (TPSA) is 84.4 Å². The molecule has 26 heavy (non-hydrogen) atoms. The Bertz CT molecular complexity index is 842. The van der Waals surface area contributed by atoms with Gasteiger partial charge in [0.1, 0.15) is 11.5 Å². The summed E-state index contributed by atoms with van der Waals surface area (Å²) in [5.41, 5.74) is 0.828. The SMILES string of the molecule is CNC(=O)C1(C(=O)N2CCC(Oc3cnc4ccccc4n3)CC2)CC1. The van der Waals surface area contributed by atoms with Gasteiger partial charge in [-0.3, -0.25) is 9.59 Å². The molecule has 7 nitrogen and oxygen atoms in total. The zero-order valence-electron chi connectivity index (χ0n) is 14.8. The van der Waals surface area contributed by atoms with Crippen LogP contribution >= 0.6 is 0 Å². The van der Waals surface area contributed by atoms with Crippen molar-refractivity contribution in [1.82, 2.24) is 20.2 Å². The van der Waals surface area contributed by atoms with Crippen LogP contribution < -0.4 is 10.1 Å². The number of para-hydroxylation sites is 2. The summed E-state index contributed by atoms with van der Waals surface area (Å²) in [6.45, 7) is 1.20. The Hall–Kier alpha value is -2.70. The Kier molecular flexibility index (Phi) is 4.22. The van der Waals surface area contributed by atoms with E-state index in [2.05, 4.69) is 15.3 Å². The minimum absolute atomic E-state index is 0.00432. The Labute approximate surface area is 151 Å². The van der Waals surface area contributed by atoms with Crippen LogP contribution in [0.15, 0.2) is 30.5 Å². The molecule has 2 fully saturated rings. The summed E-state index contributed by atoms with van der Waals surface area (Å²) in [7, 11) is 1.58. The molecular formula is C19H22N4O3. The first kappa shape index (κ1) is 16.8. The number of hydrogen-bond donors (Lipinski definition) is 1. The molecule has 0 atom stereocenters. The number of carbonyl (C=O) groups is 2. The highest BCUT2D eigenvalue weighted by molar-refractivity contribution is 6.07. The lowest BCUT2D eigenvalue weighted by molar-refractivity contribution is -0.145. The molecule has 1 saturated heterocycles. The molecule has 1 aliphatic heterocycles. The number of nitrogens with zero attached hydrogens (tertiary/aromatic N) is 3. The van der Waals surface area contributed by atoms with Crippen molar-refractivity contribution < 1.29 is 14.3 Å². The molecule has 0 radical (unpaired) electrons. The maximum absolute atomic E-state index is 12.7. The third kappa shape index (κ3) is 2.98. The molecule has 136 valence electrons. The molecule has 1 saturated carbocycles. The molecule has 7 heteroatoms. The number of amides is 2. The van der Waals surface area contributed by atoms with E-state index in [9.17, 15) is 9.59 Å². The Morgan fingerprint density at radius 1 is 1.19 bits per heavy atom. The first-order valence-corrected chi connectivity index (χ1v) is 9.02. The van der Waals surface area contributed by atoms with Gasteiger partial charge in [0.05, 0.1) is 17.2 Å². The fraction of sp³-hybridized carbons (Fsp3) is 0.474. The summed E-state index contributed by atoms with van der Waals surface area (Å²) in [5, 5.41) is 2.62. The number of rotatable bonds is 4. The summed E-state index contributed by atoms with van der Waals surface area (Å²) < 4.78 is 5.97. The van der Waals surface area contributed by atoms with Gasteiger partial charge in [-0.1, -0.05) is 12.1 Å². The van der Waals surface area contributed by atoms with Gasteiger partial charge in [0, 0.05) is 33.0 Å². The van der Waals surface area contributed by atoms with Crippen LogP contribution in [-0.2, 0) is 9.59 Å². The molecular weight excluding hydrogens is 332 g/mol. The fourth-order valence-corrected chi connectivity index (χ4v) is 3.55. The predicted octanol–water partition coefficient (Wildman–Crippen LogP) is 1.53. The summed E-state index contributed by atoms with van der Waals surface area (Å²) in [4.78, 5) is 35.3. The van der Waals surface area contributed by atoms with Gasteiger partial charge in [-0.2, -0.15) is 0 Å². The second kappa shape index (κ2) is 6.55. The normalized spacial score (nSPS) is 19.2. The van der Waals surface area contributed by atoms with Crippen molar-refractivity contribution in [2.75, 3.05) is 20.1 Å². The standard InChI is InChI=1S/C19H22N4O3/c1-20-17(24)19(8-9-19)18(25)23-10-6-13(7-11-23)26-16-12-21-14-4-2-3-5-15(14)22-16/h2-5,12-13H,6-11H2,1H3,(H,20,24). The van der Waals surface area contributed by atoms with E-state index in [0.717, 1.165) is 23.9 Å². The maximum Gasteiger partial charge on any atom is 0.238 e. The van der Waals surface area contributed by atoms with Crippen molar-refractivity contribution in [2.45, 2.75) is 31.8 Å². The van der Waals surface area contributed by atoms with Crippen molar-refractivity contribution in [3.63, 3.8) is 0 Å². The summed E-state index contributed by atoms with van der Waals surface area (Å²) in [6, 6.07) is 7.67. The highest BCUT2D eigenvalue weighted by Gasteiger charge is 2.57. The Balaban J connectivity index is 1.36. The summed E-state index contributed by atoms with van der Waals surface area (Å²) >= 11 is 0. The second-order valence-corrected chi connectivity index (χ2v) is 6.97. The number of piperidine rings is 1. The van der Waals surface area contributed by atoms with E-state index in [0.29, 0.717) is 31.8 Å². The van der Waals surface area contributed by atoms with Crippen molar-refractivity contribution in [3.8, 4) is 5.88 Å². The van der Waals surface area contributed by atoms with Crippen LogP contribution in [0.4, 0.5) is 0 Å². The van der Waals surface area contributed by atoms with Gasteiger partial charge < -0.3 is 15.0 Å². The smallest absolute Gasteiger partial charge is 0.238 e. The van der Waals surface area contributed by atoms with Gasteiger partial charge in [0.25, 0.3) is 0 Å². The average Bonchev–Trinajstić information content (AvgIpc) is 3.49. The van der Waals surface area contributed by atoms with Crippen LogP contribution in [0.1, 0.15) is 25.7 Å². The van der Waals surface area contributed by atoms with E-state index >= 15 is 0 Å². The third-order valence-corrected chi connectivity index (χ3v) is 5.26. The molecule has 2 heterocycles. The molecule has 4 rings (SSSR count). The number of benzene rings is 1. The van der Waals surface area contributed by atoms with E-state index < -0.39 is 5.41 Å². The molecule has 1 aromatic heterocycles. The summed E-state index contributed by atoms with van der Waals surface area (Å²) in [5.74, 6) is 0.311. The number of hydrogen-bond acceptors (Lipinski definition) is 5. The monoisotopic (exact) mass is 354 g/mol. The molecule has 2 aliphatic rings. The first-order chi connectivity index (χ1) is 12.6. The lowest BCUT2D eigenvalue weighted by Crippen LogP contribution is -2.48.